The molecule has 0 aliphatic heterocycles. The lowest BCUT2D eigenvalue weighted by Gasteiger charge is -2.27. The highest BCUT2D eigenvalue weighted by Crippen LogP contribution is 2.33. The maximum atomic E-state index is 13.8. The van der Waals surface area contributed by atoms with Gasteiger partial charge in [-0.15, -0.1) is 0 Å². The number of carbonyl (C=O) groups excluding carboxylic acids is 3. The van der Waals surface area contributed by atoms with Crippen LogP contribution in [0.3, 0.4) is 0 Å². The number of alkyl carbamates (subject to hydrolysis) is 1. The Labute approximate surface area is 311 Å². The van der Waals surface area contributed by atoms with Crippen molar-refractivity contribution in [3.05, 3.63) is 101 Å². The molecule has 0 radical (unpaired) electrons. The highest BCUT2D eigenvalue weighted by molar-refractivity contribution is 5.99. The van der Waals surface area contributed by atoms with Gasteiger partial charge in [-0.1, -0.05) is 57.2 Å². The molecule has 2 amide bonds. The summed E-state index contributed by atoms with van der Waals surface area (Å²) in [6.07, 6.45) is 2.23. The summed E-state index contributed by atoms with van der Waals surface area (Å²) in [5.41, 5.74) is 3.82. The molecule has 53 heavy (non-hydrogen) atoms. The van der Waals surface area contributed by atoms with Gasteiger partial charge in [-0.3, -0.25) is 9.59 Å². The van der Waals surface area contributed by atoms with E-state index in [1.165, 1.54) is 9.47 Å². The van der Waals surface area contributed by atoms with Crippen molar-refractivity contribution in [3.8, 4) is 5.75 Å². The van der Waals surface area contributed by atoms with E-state index >= 15 is 0 Å². The lowest BCUT2D eigenvalue weighted by Crippen LogP contribution is -2.50. The predicted octanol–water partition coefficient (Wildman–Crippen LogP) is 7.93. The minimum atomic E-state index is -1.16. The molecule has 1 aromatic heterocycles. The Bertz CT molecular complexity index is 1980. The lowest BCUT2D eigenvalue weighted by molar-refractivity contribution is -0.142. The normalized spacial score (nSPS) is 12.4. The van der Waals surface area contributed by atoms with Gasteiger partial charge in [0.05, 0.1) is 31.3 Å². The van der Waals surface area contributed by atoms with E-state index in [2.05, 4.69) is 26.1 Å². The number of carbonyl (C=O) groups is 4. The average molecular weight is 726 g/mol. The first-order valence-electron chi connectivity index (χ1n) is 17.6. The van der Waals surface area contributed by atoms with E-state index in [0.29, 0.717) is 40.0 Å². The average Bonchev–Trinajstić information content (AvgIpc) is 3.38. The minimum absolute atomic E-state index is 0.0849. The second-order valence-corrected chi connectivity index (χ2v) is 14.9. The molecule has 3 aromatic carbocycles. The Hall–Kier alpha value is -5.58. The van der Waals surface area contributed by atoms with Crippen molar-refractivity contribution in [2.75, 3.05) is 25.7 Å². The van der Waals surface area contributed by atoms with Crippen molar-refractivity contribution >= 4 is 46.7 Å². The summed E-state index contributed by atoms with van der Waals surface area (Å²) in [5.74, 6) is -0.128. The van der Waals surface area contributed by atoms with E-state index in [-0.39, 0.29) is 30.8 Å². The van der Waals surface area contributed by atoms with Crippen molar-refractivity contribution < 1.29 is 38.5 Å². The first kappa shape index (κ1) is 40.2. The van der Waals surface area contributed by atoms with Crippen molar-refractivity contribution in [3.63, 3.8) is 0 Å². The summed E-state index contributed by atoms with van der Waals surface area (Å²) in [6, 6.07) is 19.4. The van der Waals surface area contributed by atoms with Crippen LogP contribution in [0.15, 0.2) is 72.8 Å². The number of nitrogens with one attached hydrogen (secondary N) is 1. The molecule has 2 N–H and O–H groups in total. The summed E-state index contributed by atoms with van der Waals surface area (Å²) >= 11 is 0. The number of likely N-dealkylation sites (N-methyl/N-ethyl adjacent to an activating group) is 1. The highest BCUT2D eigenvalue weighted by Gasteiger charge is 2.28. The van der Waals surface area contributed by atoms with E-state index in [4.69, 9.17) is 14.2 Å². The molecule has 1 heterocycles. The number of methoxy groups -OCH3 is 1. The fourth-order valence-electron chi connectivity index (χ4n) is 6.01. The molecule has 0 aliphatic carbocycles. The van der Waals surface area contributed by atoms with Gasteiger partial charge < -0.3 is 29.5 Å². The molecular formula is C42H51N3O8. The third-order valence-electron chi connectivity index (χ3n) is 8.64. The predicted molar refractivity (Wildman–Crippen MR) is 207 cm³/mol. The molecule has 0 spiro atoms. The third-order valence-corrected chi connectivity index (χ3v) is 8.64. The molecule has 1 unspecified atom stereocenters. The number of esters is 1. The standard InChI is InChI=1S/C42H51N3O8/c1-10-52-37(46)26-33-32-25-29(41(2,3)4)17-22-36(32)45(40(49)50)35(33)16-12-14-27-13-11-15-28(23-27)24-34(43-39(48)53-42(5,6)7)38(47)44(8)30-18-20-31(51-9)21-19-30/h11-13,15-23,25,34H,10,14,24,26H2,1-9H3,(H,43,48)(H,49,50). The van der Waals surface area contributed by atoms with Gasteiger partial charge in [0.15, 0.2) is 0 Å². The lowest BCUT2D eigenvalue weighted by atomic mass is 9.86. The minimum Gasteiger partial charge on any atom is -0.497 e. The molecule has 0 saturated carbocycles. The van der Waals surface area contributed by atoms with Gasteiger partial charge in [0.2, 0.25) is 5.91 Å². The second kappa shape index (κ2) is 16.8. The monoisotopic (exact) mass is 725 g/mol. The van der Waals surface area contributed by atoms with Crippen LogP contribution in [0, 0.1) is 0 Å². The fraction of sp³-hybridized carbons (Fsp3) is 0.381. The molecule has 282 valence electrons. The zero-order valence-electron chi connectivity index (χ0n) is 32.1. The van der Waals surface area contributed by atoms with Gasteiger partial charge in [-0.2, -0.15) is 0 Å². The molecule has 11 nitrogen and oxygen atoms in total. The van der Waals surface area contributed by atoms with Crippen LogP contribution in [0.5, 0.6) is 5.75 Å². The number of benzene rings is 3. The number of nitrogens with zero attached hydrogens (tertiary/aromatic N) is 2. The summed E-state index contributed by atoms with van der Waals surface area (Å²) in [6.45, 7) is 13.4. The smallest absolute Gasteiger partial charge is 0.416 e. The van der Waals surface area contributed by atoms with E-state index < -0.39 is 29.8 Å². The summed E-state index contributed by atoms with van der Waals surface area (Å²) in [5, 5.41) is 13.8. The second-order valence-electron chi connectivity index (χ2n) is 14.9. The molecular weight excluding hydrogens is 674 g/mol. The Morgan fingerprint density at radius 1 is 0.943 bits per heavy atom. The number of anilines is 1. The van der Waals surface area contributed by atoms with Crippen LogP contribution in [0.4, 0.5) is 15.3 Å². The zero-order chi connectivity index (χ0) is 39.1. The zero-order valence-corrected chi connectivity index (χ0v) is 32.1. The number of rotatable bonds is 12. The quantitative estimate of drug-likeness (QED) is 0.141. The molecule has 4 aromatic rings. The molecule has 0 fully saturated rings. The molecule has 0 aliphatic rings. The van der Waals surface area contributed by atoms with Crippen molar-refractivity contribution in [1.82, 2.24) is 9.88 Å². The Balaban J connectivity index is 1.65. The maximum Gasteiger partial charge on any atom is 0.416 e. The Morgan fingerprint density at radius 3 is 2.23 bits per heavy atom. The number of carboxylic acid groups (broad SMARTS) is 1. The molecule has 0 saturated heterocycles. The number of allylic oxidation sites excluding steroid dienone is 1. The van der Waals surface area contributed by atoms with Gasteiger partial charge in [-0.05, 0) is 104 Å². The van der Waals surface area contributed by atoms with Crippen LogP contribution in [0.2, 0.25) is 0 Å². The number of hydrogen-bond donors (Lipinski definition) is 2. The number of ether oxygens (including phenoxy) is 3. The molecule has 0 bridgehead atoms. The number of fused-ring (bicyclic) bond motifs is 1. The highest BCUT2D eigenvalue weighted by atomic mass is 16.6. The summed E-state index contributed by atoms with van der Waals surface area (Å²) in [4.78, 5) is 53.6. The number of hydrogen-bond acceptors (Lipinski definition) is 7. The van der Waals surface area contributed by atoms with Gasteiger partial charge in [0, 0.05) is 24.5 Å². The van der Waals surface area contributed by atoms with Crippen LogP contribution in [-0.4, -0.2) is 66.1 Å². The Kier molecular flexibility index (Phi) is 12.8. The van der Waals surface area contributed by atoms with Gasteiger partial charge >= 0.3 is 18.2 Å². The third kappa shape index (κ3) is 10.5. The molecule has 4 rings (SSSR count). The van der Waals surface area contributed by atoms with Crippen LogP contribution in [-0.2, 0) is 43.7 Å². The molecule has 1 atom stereocenters. The van der Waals surface area contributed by atoms with E-state index in [1.807, 2.05) is 42.5 Å². The summed E-state index contributed by atoms with van der Waals surface area (Å²) < 4.78 is 17.2. The van der Waals surface area contributed by atoms with Crippen LogP contribution in [0.25, 0.3) is 17.0 Å². The van der Waals surface area contributed by atoms with Gasteiger partial charge in [0.1, 0.15) is 17.4 Å². The topological polar surface area (TPSA) is 136 Å². The summed E-state index contributed by atoms with van der Waals surface area (Å²) in [7, 11) is 3.21. The SMILES string of the molecule is CCOC(=O)Cc1c(C=CCc2cccc(CC(NC(=O)OC(C)(C)C)C(=O)N(C)c3ccc(OC)cc3)c2)n(C(=O)O)c2ccc(C(C)(C)C)cc12. The maximum absolute atomic E-state index is 13.8. The first-order chi connectivity index (χ1) is 24.9. The van der Waals surface area contributed by atoms with E-state index in [9.17, 15) is 24.3 Å². The van der Waals surface area contributed by atoms with Crippen LogP contribution in [0.1, 0.15) is 76.4 Å². The fourth-order valence-corrected chi connectivity index (χ4v) is 6.01. The van der Waals surface area contributed by atoms with Crippen LogP contribution < -0.4 is 15.0 Å². The van der Waals surface area contributed by atoms with Crippen LogP contribution >= 0.6 is 0 Å². The van der Waals surface area contributed by atoms with Crippen molar-refractivity contribution in [1.29, 1.82) is 0 Å². The Morgan fingerprint density at radius 2 is 1.62 bits per heavy atom. The van der Waals surface area contributed by atoms with Gasteiger partial charge in [-0.25, -0.2) is 14.2 Å². The largest absolute Gasteiger partial charge is 0.497 e. The van der Waals surface area contributed by atoms with E-state index in [0.717, 1.165) is 16.7 Å². The van der Waals surface area contributed by atoms with E-state index in [1.54, 1.807) is 78.3 Å². The number of amides is 2. The number of aromatic nitrogens is 1. The van der Waals surface area contributed by atoms with Gasteiger partial charge in [0.25, 0.3) is 0 Å². The van der Waals surface area contributed by atoms with Crippen molar-refractivity contribution in [2.24, 2.45) is 0 Å². The molecule has 11 heteroatoms. The first-order valence-corrected chi connectivity index (χ1v) is 17.6. The van der Waals surface area contributed by atoms with Crippen molar-refractivity contribution in [2.45, 2.75) is 84.8 Å².